The van der Waals surface area contributed by atoms with Crippen LogP contribution in [0.25, 0.3) is 0 Å². The number of sulfone groups is 1. The van der Waals surface area contributed by atoms with Crippen LogP contribution in [0, 0.1) is 5.82 Å². The fourth-order valence-electron chi connectivity index (χ4n) is 1.24. The summed E-state index contributed by atoms with van der Waals surface area (Å²) in [6, 6.07) is 4.71. The van der Waals surface area contributed by atoms with Gasteiger partial charge in [0, 0.05) is 12.0 Å². The van der Waals surface area contributed by atoms with Crippen LogP contribution in [0.15, 0.2) is 18.2 Å². The van der Waals surface area contributed by atoms with Gasteiger partial charge in [-0.05, 0) is 29.9 Å². The Morgan fingerprint density at radius 2 is 2.12 bits per heavy atom. The molecule has 2 nitrogen and oxygen atoms in total. The topological polar surface area (TPSA) is 34.1 Å². The summed E-state index contributed by atoms with van der Waals surface area (Å²) in [5.41, 5.74) is 0.858. The van der Waals surface area contributed by atoms with E-state index in [9.17, 15) is 12.8 Å². The summed E-state index contributed by atoms with van der Waals surface area (Å²) >= 11 is 7.15. The second-order valence-electron chi connectivity index (χ2n) is 3.78. The first-order valence-corrected chi connectivity index (χ1v) is 8.67. The number of halogens is 2. The molecule has 0 bridgehead atoms. The van der Waals surface area contributed by atoms with Gasteiger partial charge < -0.3 is 0 Å². The highest BCUT2D eigenvalue weighted by atomic mass is 35.5. The number of thioether (sulfide) groups is 1. The molecule has 0 aliphatic heterocycles. The molecule has 1 rings (SSSR count). The summed E-state index contributed by atoms with van der Waals surface area (Å²) < 4.78 is 34.8. The number of hydrogen-bond acceptors (Lipinski definition) is 3. The van der Waals surface area contributed by atoms with Crippen LogP contribution >= 0.6 is 23.4 Å². The van der Waals surface area contributed by atoms with Gasteiger partial charge in [-0.3, -0.25) is 0 Å². The minimum Gasteiger partial charge on any atom is -0.229 e. The van der Waals surface area contributed by atoms with Crippen LogP contribution in [0.2, 0.25) is 5.02 Å². The van der Waals surface area contributed by atoms with E-state index in [0.717, 1.165) is 11.3 Å². The standard InChI is InChI=1S/C11H14ClFO2S2/c1-17(14,15)6-2-5-16-8-9-3-4-10(12)11(13)7-9/h3-4,7H,2,5-6,8H2,1H3. The van der Waals surface area contributed by atoms with Crippen LogP contribution in [0.5, 0.6) is 0 Å². The normalized spacial score (nSPS) is 11.7. The molecule has 0 saturated carbocycles. The largest absolute Gasteiger partial charge is 0.229 e. The monoisotopic (exact) mass is 296 g/mol. The van der Waals surface area contributed by atoms with Crippen molar-refractivity contribution in [2.24, 2.45) is 0 Å². The molecule has 0 spiro atoms. The van der Waals surface area contributed by atoms with E-state index < -0.39 is 15.7 Å². The Balaban J connectivity index is 2.29. The maximum absolute atomic E-state index is 13.1. The number of benzene rings is 1. The molecule has 0 atom stereocenters. The molecule has 1 aromatic rings. The highest BCUT2D eigenvalue weighted by molar-refractivity contribution is 7.98. The van der Waals surface area contributed by atoms with Gasteiger partial charge in [0.2, 0.25) is 0 Å². The predicted octanol–water partition coefficient (Wildman–Crippen LogP) is 3.15. The minimum atomic E-state index is -2.87. The molecule has 0 aliphatic rings. The molecule has 0 heterocycles. The van der Waals surface area contributed by atoms with Crippen molar-refractivity contribution in [3.63, 3.8) is 0 Å². The Morgan fingerprint density at radius 3 is 2.71 bits per heavy atom. The fraction of sp³-hybridized carbons (Fsp3) is 0.455. The minimum absolute atomic E-state index is 0.121. The maximum Gasteiger partial charge on any atom is 0.147 e. The number of hydrogen-bond donors (Lipinski definition) is 0. The van der Waals surface area contributed by atoms with E-state index >= 15 is 0 Å². The zero-order chi connectivity index (χ0) is 12.9. The van der Waals surface area contributed by atoms with Crippen molar-refractivity contribution < 1.29 is 12.8 Å². The van der Waals surface area contributed by atoms with Crippen LogP contribution in [0.1, 0.15) is 12.0 Å². The van der Waals surface area contributed by atoms with E-state index in [1.165, 1.54) is 18.4 Å². The molecule has 17 heavy (non-hydrogen) atoms. The first-order chi connectivity index (χ1) is 7.88. The summed E-state index contributed by atoms with van der Waals surface area (Å²) in [5, 5.41) is 0.121. The highest BCUT2D eigenvalue weighted by Crippen LogP contribution is 2.19. The zero-order valence-corrected chi connectivity index (χ0v) is 11.8. The molecule has 0 saturated heterocycles. The van der Waals surface area contributed by atoms with Gasteiger partial charge in [0.15, 0.2) is 0 Å². The highest BCUT2D eigenvalue weighted by Gasteiger charge is 2.03. The lowest BCUT2D eigenvalue weighted by Crippen LogP contribution is -2.03. The van der Waals surface area contributed by atoms with Gasteiger partial charge >= 0.3 is 0 Å². The van der Waals surface area contributed by atoms with Gasteiger partial charge in [0.05, 0.1) is 10.8 Å². The lowest BCUT2D eigenvalue weighted by atomic mass is 10.2. The number of rotatable bonds is 6. The Labute approximate surface area is 110 Å². The summed E-state index contributed by atoms with van der Waals surface area (Å²) in [4.78, 5) is 0. The van der Waals surface area contributed by atoms with Gasteiger partial charge in [-0.25, -0.2) is 12.8 Å². The molecule has 0 N–H and O–H groups in total. The van der Waals surface area contributed by atoms with Crippen molar-refractivity contribution in [2.45, 2.75) is 12.2 Å². The SMILES string of the molecule is CS(=O)(=O)CCCSCc1ccc(Cl)c(F)c1. The van der Waals surface area contributed by atoms with E-state index in [1.807, 2.05) is 0 Å². The molecule has 0 aliphatic carbocycles. The second-order valence-corrected chi connectivity index (χ2v) is 7.56. The third kappa shape index (κ3) is 6.29. The van der Waals surface area contributed by atoms with E-state index in [4.69, 9.17) is 11.6 Å². The summed E-state index contributed by atoms with van der Waals surface area (Å²) in [6.07, 6.45) is 1.85. The van der Waals surface area contributed by atoms with Crippen LogP contribution in [-0.4, -0.2) is 26.2 Å². The van der Waals surface area contributed by atoms with Crippen LogP contribution in [-0.2, 0) is 15.6 Å². The van der Waals surface area contributed by atoms with E-state index in [1.54, 1.807) is 17.8 Å². The van der Waals surface area contributed by atoms with Crippen molar-refractivity contribution in [3.05, 3.63) is 34.6 Å². The van der Waals surface area contributed by atoms with Crippen molar-refractivity contribution in [3.8, 4) is 0 Å². The maximum atomic E-state index is 13.1. The van der Waals surface area contributed by atoms with Crippen LogP contribution < -0.4 is 0 Å². The van der Waals surface area contributed by atoms with Gasteiger partial charge in [-0.15, -0.1) is 0 Å². The molecular formula is C11H14ClFO2S2. The summed E-state index contributed by atoms with van der Waals surface area (Å²) in [7, 11) is -2.87. The van der Waals surface area contributed by atoms with Crippen LogP contribution in [0.3, 0.4) is 0 Å². The molecule has 0 fully saturated rings. The van der Waals surface area contributed by atoms with Gasteiger partial charge in [0.1, 0.15) is 15.7 Å². The Kier molecular flexibility index (Phi) is 5.76. The fourth-order valence-corrected chi connectivity index (χ4v) is 3.12. The van der Waals surface area contributed by atoms with Gasteiger partial charge in [-0.1, -0.05) is 17.7 Å². The van der Waals surface area contributed by atoms with E-state index in [0.29, 0.717) is 12.2 Å². The predicted molar refractivity (Wildman–Crippen MR) is 71.9 cm³/mol. The molecular weight excluding hydrogens is 283 g/mol. The molecule has 0 radical (unpaired) electrons. The molecule has 6 heteroatoms. The van der Waals surface area contributed by atoms with Gasteiger partial charge in [-0.2, -0.15) is 11.8 Å². The average Bonchev–Trinajstić information content (AvgIpc) is 2.21. The lowest BCUT2D eigenvalue weighted by molar-refractivity contribution is 0.600. The van der Waals surface area contributed by atoms with Crippen molar-refractivity contribution in [1.29, 1.82) is 0 Å². The van der Waals surface area contributed by atoms with Crippen molar-refractivity contribution >= 4 is 33.2 Å². The molecule has 96 valence electrons. The second kappa shape index (κ2) is 6.61. The Morgan fingerprint density at radius 1 is 1.41 bits per heavy atom. The first kappa shape index (κ1) is 14.8. The first-order valence-electron chi connectivity index (χ1n) is 5.08. The smallest absolute Gasteiger partial charge is 0.147 e. The third-order valence-corrected chi connectivity index (χ3v) is 4.51. The van der Waals surface area contributed by atoms with Crippen LogP contribution in [0.4, 0.5) is 4.39 Å². The van der Waals surface area contributed by atoms with E-state index in [2.05, 4.69) is 0 Å². The Bertz CT molecular complexity index is 474. The molecule has 0 amide bonds. The van der Waals surface area contributed by atoms with Crippen molar-refractivity contribution in [2.75, 3.05) is 17.8 Å². The molecule has 1 aromatic carbocycles. The van der Waals surface area contributed by atoms with E-state index in [-0.39, 0.29) is 10.8 Å². The zero-order valence-electron chi connectivity index (χ0n) is 9.45. The summed E-state index contributed by atoms with van der Waals surface area (Å²) in [6.45, 7) is 0. The van der Waals surface area contributed by atoms with Crippen molar-refractivity contribution in [1.82, 2.24) is 0 Å². The lowest BCUT2D eigenvalue weighted by Gasteiger charge is -2.03. The third-order valence-electron chi connectivity index (χ3n) is 2.06. The van der Waals surface area contributed by atoms with Gasteiger partial charge in [0.25, 0.3) is 0 Å². The quantitative estimate of drug-likeness (QED) is 0.756. The molecule has 0 aromatic heterocycles. The Hall–Kier alpha value is -0.260. The average molecular weight is 297 g/mol. The summed E-state index contributed by atoms with van der Waals surface area (Å²) in [5.74, 6) is 1.20. The molecule has 0 unspecified atom stereocenters.